The Bertz CT molecular complexity index is 1250. The first-order valence-corrected chi connectivity index (χ1v) is 20.5. The Morgan fingerprint density at radius 2 is 0.870 bits per heavy atom. The second-order valence-electron chi connectivity index (χ2n) is 14.1. The number of benzene rings is 2. The molecule has 12 nitrogen and oxygen atoms in total. The maximum atomic E-state index is 13.5. The summed E-state index contributed by atoms with van der Waals surface area (Å²) in [6.45, 7) is 11.2. The number of non-ortho nitro benzene ring substituents is 2. The highest BCUT2D eigenvalue weighted by molar-refractivity contribution is 6.29. The van der Waals surface area contributed by atoms with E-state index in [0.29, 0.717) is 51.6 Å². The summed E-state index contributed by atoms with van der Waals surface area (Å²) < 4.78 is 11.9. The van der Waals surface area contributed by atoms with E-state index in [1.807, 2.05) is 13.8 Å². The van der Waals surface area contributed by atoms with Crippen molar-refractivity contribution in [1.82, 2.24) is 9.80 Å². The number of nitro groups is 2. The van der Waals surface area contributed by atoms with Crippen molar-refractivity contribution in [2.75, 3.05) is 26.2 Å². The number of unbranched alkanes of at least 4 members (excludes halogenated alkanes) is 10. The van der Waals surface area contributed by atoms with Crippen molar-refractivity contribution in [3.05, 3.63) is 79.9 Å². The van der Waals surface area contributed by atoms with E-state index in [4.69, 9.17) is 9.47 Å². The quantitative estimate of drug-likeness (QED) is 0.0189. The number of nitrogens with zero attached hydrogens (tertiary/aromatic N) is 4. The van der Waals surface area contributed by atoms with Crippen molar-refractivity contribution in [3.63, 3.8) is 0 Å². The maximum Gasteiger partial charge on any atom is 0.419 e. The van der Waals surface area contributed by atoms with Crippen LogP contribution in [-0.2, 0) is 31.9 Å². The zero-order valence-electron chi connectivity index (χ0n) is 33.4. The molecule has 0 aromatic heterocycles. The van der Waals surface area contributed by atoms with Gasteiger partial charge in [-0.15, -0.1) is 0 Å². The monoisotopic (exact) mass is 754 g/mol. The van der Waals surface area contributed by atoms with Crippen LogP contribution in [0.1, 0.15) is 142 Å². The van der Waals surface area contributed by atoms with E-state index < -0.39 is 34.2 Å². The second kappa shape index (κ2) is 27.6. The van der Waals surface area contributed by atoms with Crippen molar-refractivity contribution in [1.29, 1.82) is 0 Å². The van der Waals surface area contributed by atoms with Gasteiger partial charge in [-0.25, -0.2) is 9.59 Å². The SMILES string of the molecule is CCCCCCCCN(CC)C(CCCc1ccc([N+](=O)[O-])cc1)OC(=O)C(=O)OC(CCCc1ccc([N+](=O)[O-])cc1)N(CC)CCCCCCCC. The molecule has 12 heteroatoms. The van der Waals surface area contributed by atoms with Gasteiger partial charge in [-0.2, -0.15) is 0 Å². The Morgan fingerprint density at radius 3 is 1.19 bits per heavy atom. The summed E-state index contributed by atoms with van der Waals surface area (Å²) in [7, 11) is 0. The fourth-order valence-electron chi connectivity index (χ4n) is 6.71. The number of carbonyl (C=O) groups excluding carboxylic acids is 2. The van der Waals surface area contributed by atoms with Crippen molar-refractivity contribution in [3.8, 4) is 0 Å². The third kappa shape index (κ3) is 18.4. The van der Waals surface area contributed by atoms with E-state index in [1.54, 1.807) is 24.3 Å². The molecule has 2 rings (SSSR count). The van der Waals surface area contributed by atoms with Gasteiger partial charge in [0.25, 0.3) is 11.4 Å². The Morgan fingerprint density at radius 1 is 0.537 bits per heavy atom. The first-order chi connectivity index (χ1) is 26.1. The van der Waals surface area contributed by atoms with Crippen molar-refractivity contribution >= 4 is 23.3 Å². The molecule has 0 N–H and O–H groups in total. The van der Waals surface area contributed by atoms with Gasteiger partial charge in [0, 0.05) is 37.4 Å². The lowest BCUT2D eigenvalue weighted by Crippen LogP contribution is -2.44. The van der Waals surface area contributed by atoms with Crippen LogP contribution in [0.3, 0.4) is 0 Å². The molecule has 0 aliphatic heterocycles. The highest BCUT2D eigenvalue weighted by Crippen LogP contribution is 2.20. The fourth-order valence-corrected chi connectivity index (χ4v) is 6.71. The number of aryl methyl sites for hydroxylation is 2. The minimum atomic E-state index is -1.01. The first kappa shape index (κ1) is 46.3. The lowest BCUT2D eigenvalue weighted by molar-refractivity contribution is -0.385. The van der Waals surface area contributed by atoms with Gasteiger partial charge in [0.05, 0.1) is 9.85 Å². The van der Waals surface area contributed by atoms with E-state index in [-0.39, 0.29) is 11.4 Å². The van der Waals surface area contributed by atoms with Crippen LogP contribution in [0.25, 0.3) is 0 Å². The van der Waals surface area contributed by atoms with Gasteiger partial charge in [0.2, 0.25) is 0 Å². The normalized spacial score (nSPS) is 12.5. The Labute approximate surface area is 323 Å². The van der Waals surface area contributed by atoms with Crippen LogP contribution in [0, 0.1) is 20.2 Å². The van der Waals surface area contributed by atoms with Crippen LogP contribution in [0.15, 0.2) is 48.5 Å². The van der Waals surface area contributed by atoms with E-state index in [1.165, 1.54) is 62.8 Å². The fraction of sp³-hybridized carbons (Fsp3) is 0.667. The number of hydrogen-bond donors (Lipinski definition) is 0. The summed E-state index contributed by atoms with van der Waals surface area (Å²) in [5.74, 6) is -2.01. The van der Waals surface area contributed by atoms with Crippen molar-refractivity contribution < 1.29 is 28.9 Å². The third-order valence-corrected chi connectivity index (χ3v) is 10.0. The molecule has 2 aromatic carbocycles. The molecule has 0 heterocycles. The molecule has 54 heavy (non-hydrogen) atoms. The average Bonchev–Trinajstić information content (AvgIpc) is 3.17. The van der Waals surface area contributed by atoms with Crippen LogP contribution < -0.4 is 0 Å². The number of rotatable bonds is 30. The van der Waals surface area contributed by atoms with Crippen LogP contribution in [-0.4, -0.2) is 70.2 Å². The van der Waals surface area contributed by atoms with Gasteiger partial charge in [-0.05, 0) is 75.6 Å². The molecule has 2 unspecified atom stereocenters. The summed E-state index contributed by atoms with van der Waals surface area (Å²) in [4.78, 5) is 52.5. The predicted octanol–water partition coefficient (Wildman–Crippen LogP) is 9.95. The standard InChI is InChI=1S/C42H66N4O8/c1-5-9-11-13-15-17-33-43(7-3)39(23-19-21-35-25-29-37(30-26-35)45(49)50)53-41(47)42(48)54-40(44(8-4)34-18-16-14-12-10-6-2)24-20-22-36-27-31-38(32-28-36)46(51)52/h25-32,39-40H,5-24,33-34H2,1-4H3. The van der Waals surface area contributed by atoms with Crippen LogP contribution in [0.5, 0.6) is 0 Å². The first-order valence-electron chi connectivity index (χ1n) is 20.5. The van der Waals surface area contributed by atoms with E-state index >= 15 is 0 Å². The topological polar surface area (TPSA) is 145 Å². The van der Waals surface area contributed by atoms with Gasteiger partial charge >= 0.3 is 11.9 Å². The summed E-state index contributed by atoms with van der Waals surface area (Å²) in [6.07, 6.45) is 15.9. The van der Waals surface area contributed by atoms with Crippen LogP contribution >= 0.6 is 0 Å². The minimum absolute atomic E-state index is 0.0402. The molecular weight excluding hydrogens is 688 g/mol. The molecule has 0 spiro atoms. The molecule has 0 saturated carbocycles. The predicted molar refractivity (Wildman–Crippen MR) is 213 cm³/mol. The number of esters is 2. The molecular formula is C42H66N4O8. The Balaban J connectivity index is 2.14. The lowest BCUT2D eigenvalue weighted by atomic mass is 10.1. The highest BCUT2D eigenvalue weighted by Gasteiger charge is 2.30. The zero-order valence-corrected chi connectivity index (χ0v) is 33.4. The average molecular weight is 755 g/mol. The Kier molecular flexibility index (Phi) is 23.7. The van der Waals surface area contributed by atoms with Gasteiger partial charge < -0.3 is 9.47 Å². The summed E-state index contributed by atoms with van der Waals surface area (Å²) >= 11 is 0. The zero-order chi connectivity index (χ0) is 39.6. The molecule has 2 atom stereocenters. The maximum absolute atomic E-state index is 13.5. The molecule has 302 valence electrons. The van der Waals surface area contributed by atoms with E-state index in [2.05, 4.69) is 23.6 Å². The van der Waals surface area contributed by atoms with Gasteiger partial charge in [0.1, 0.15) is 0 Å². The number of ether oxygens (including phenoxy) is 2. The van der Waals surface area contributed by atoms with Gasteiger partial charge in [-0.1, -0.05) is 116 Å². The van der Waals surface area contributed by atoms with Crippen LogP contribution in [0.4, 0.5) is 11.4 Å². The molecule has 0 aliphatic rings. The number of hydrogen-bond acceptors (Lipinski definition) is 10. The molecule has 0 aliphatic carbocycles. The number of carbonyl (C=O) groups is 2. The molecule has 0 bridgehead atoms. The van der Waals surface area contributed by atoms with Crippen molar-refractivity contribution in [2.45, 2.75) is 156 Å². The Hall–Kier alpha value is -3.90. The summed E-state index contributed by atoms with van der Waals surface area (Å²) in [6, 6.07) is 13.0. The largest absolute Gasteiger partial charge is 0.438 e. The molecule has 2 aromatic rings. The molecule has 0 amide bonds. The highest BCUT2D eigenvalue weighted by atomic mass is 16.6. The minimum Gasteiger partial charge on any atom is -0.438 e. The summed E-state index contributed by atoms with van der Waals surface area (Å²) in [5, 5.41) is 22.2. The molecule has 0 radical (unpaired) electrons. The van der Waals surface area contributed by atoms with E-state index in [9.17, 15) is 29.8 Å². The summed E-state index contributed by atoms with van der Waals surface area (Å²) in [5.41, 5.74) is 1.98. The third-order valence-electron chi connectivity index (χ3n) is 10.0. The molecule has 0 saturated heterocycles. The lowest BCUT2D eigenvalue weighted by Gasteiger charge is -2.32. The second-order valence-corrected chi connectivity index (χ2v) is 14.1. The van der Waals surface area contributed by atoms with Gasteiger partial charge in [-0.3, -0.25) is 30.0 Å². The molecule has 0 fully saturated rings. The van der Waals surface area contributed by atoms with Gasteiger partial charge in [0.15, 0.2) is 12.5 Å². The smallest absolute Gasteiger partial charge is 0.419 e. The van der Waals surface area contributed by atoms with Crippen molar-refractivity contribution in [2.24, 2.45) is 0 Å². The van der Waals surface area contributed by atoms with Crippen LogP contribution in [0.2, 0.25) is 0 Å². The number of nitro benzene ring substituents is 2. The van der Waals surface area contributed by atoms with E-state index in [0.717, 1.165) is 62.7 Å².